The van der Waals surface area contributed by atoms with Gasteiger partial charge in [-0.3, -0.25) is 4.79 Å². The fourth-order valence-electron chi connectivity index (χ4n) is 8.47. The van der Waals surface area contributed by atoms with Crippen molar-refractivity contribution >= 4 is 22.5 Å². The molecule has 0 aliphatic heterocycles. The highest BCUT2D eigenvalue weighted by atomic mass is 16.1. The zero-order valence-electron chi connectivity index (χ0n) is 18.7. The summed E-state index contributed by atoms with van der Waals surface area (Å²) in [6, 6.07) is 8.52. The Morgan fingerprint density at radius 1 is 1.03 bits per heavy atom. The lowest BCUT2D eigenvalue weighted by molar-refractivity contribution is -0.158. The molecule has 0 spiro atoms. The van der Waals surface area contributed by atoms with Crippen LogP contribution in [0.15, 0.2) is 36.7 Å². The van der Waals surface area contributed by atoms with Gasteiger partial charge in [-0.25, -0.2) is 4.98 Å². The topological polar surface area (TPSA) is 34.9 Å². The number of para-hydroxylation sites is 2. The van der Waals surface area contributed by atoms with Crippen molar-refractivity contribution in [3.63, 3.8) is 0 Å². The minimum absolute atomic E-state index is 0.215. The number of hydrogen-bond acceptors (Lipinski definition) is 2. The molecule has 1 heterocycles. The van der Waals surface area contributed by atoms with Crippen molar-refractivity contribution in [2.45, 2.75) is 72.1 Å². The van der Waals surface area contributed by atoms with Gasteiger partial charge in [-0.1, -0.05) is 39.0 Å². The quantitative estimate of drug-likeness (QED) is 0.546. The molecular formula is C27H34N2O. The van der Waals surface area contributed by atoms with Crippen molar-refractivity contribution in [2.75, 3.05) is 0 Å². The summed E-state index contributed by atoms with van der Waals surface area (Å²) < 4.78 is 2.38. The minimum atomic E-state index is 0.215. The summed E-state index contributed by atoms with van der Waals surface area (Å²) in [6.07, 6.45) is 13.6. The predicted molar refractivity (Wildman–Crippen MR) is 121 cm³/mol. The summed E-state index contributed by atoms with van der Waals surface area (Å²) in [6.45, 7) is 7.51. The second-order valence-electron chi connectivity index (χ2n) is 11.5. The van der Waals surface area contributed by atoms with Crippen molar-refractivity contribution < 1.29 is 4.79 Å². The van der Waals surface area contributed by atoms with E-state index in [2.05, 4.69) is 60.7 Å². The van der Waals surface area contributed by atoms with Crippen LogP contribution in [0.5, 0.6) is 0 Å². The van der Waals surface area contributed by atoms with Gasteiger partial charge in [0.15, 0.2) is 0 Å². The lowest BCUT2D eigenvalue weighted by Gasteiger charge is -2.64. The van der Waals surface area contributed by atoms with E-state index in [1.807, 2.05) is 6.33 Å². The number of allylic oxidation sites excluding steroid dienone is 2. The molecule has 6 rings (SSSR count). The Bertz CT molecular complexity index is 1070. The largest absolute Gasteiger partial charge is 0.302 e. The Hall–Kier alpha value is -1.90. The SMILES string of the molecule is C[C@@]12CCC3C4CC=C(n5cnc6ccccc65)[C@@]4(C)CCC3[C@@]1(C)CCC(=O)C2. The van der Waals surface area contributed by atoms with Gasteiger partial charge in [0, 0.05) is 24.0 Å². The van der Waals surface area contributed by atoms with E-state index < -0.39 is 0 Å². The number of nitrogens with zero attached hydrogens (tertiary/aromatic N) is 2. The lowest BCUT2D eigenvalue weighted by Crippen LogP contribution is -2.57. The maximum atomic E-state index is 12.3. The van der Waals surface area contributed by atoms with Crippen LogP contribution in [0, 0.1) is 34.0 Å². The zero-order valence-corrected chi connectivity index (χ0v) is 18.7. The summed E-state index contributed by atoms with van der Waals surface area (Å²) in [4.78, 5) is 17.0. The highest BCUT2D eigenvalue weighted by molar-refractivity contribution is 5.81. The van der Waals surface area contributed by atoms with Crippen molar-refractivity contribution in [3.8, 4) is 0 Å². The molecule has 3 nitrogen and oxygen atoms in total. The van der Waals surface area contributed by atoms with Gasteiger partial charge in [-0.15, -0.1) is 0 Å². The van der Waals surface area contributed by atoms with Crippen LogP contribution < -0.4 is 0 Å². The van der Waals surface area contributed by atoms with Gasteiger partial charge in [0.2, 0.25) is 0 Å². The Labute approximate surface area is 179 Å². The summed E-state index contributed by atoms with van der Waals surface area (Å²) >= 11 is 0. The van der Waals surface area contributed by atoms with E-state index in [9.17, 15) is 4.79 Å². The van der Waals surface area contributed by atoms with Crippen LogP contribution in [-0.4, -0.2) is 15.3 Å². The van der Waals surface area contributed by atoms with Crippen LogP contribution in [0.1, 0.15) is 72.1 Å². The number of carbonyl (C=O) groups is 1. The van der Waals surface area contributed by atoms with Crippen LogP contribution >= 0.6 is 0 Å². The van der Waals surface area contributed by atoms with Crippen molar-refractivity contribution in [3.05, 3.63) is 36.7 Å². The summed E-state index contributed by atoms with van der Waals surface area (Å²) in [7, 11) is 0. The molecule has 0 N–H and O–H groups in total. The molecule has 30 heavy (non-hydrogen) atoms. The molecule has 3 saturated carbocycles. The number of carbonyl (C=O) groups excluding carboxylic acids is 1. The van der Waals surface area contributed by atoms with E-state index in [0.717, 1.165) is 42.5 Å². The average Bonchev–Trinajstić information content (AvgIpc) is 3.29. The molecule has 4 aliphatic rings. The third-order valence-corrected chi connectivity index (χ3v) is 10.4. The normalized spacial score (nSPS) is 43.1. The van der Waals surface area contributed by atoms with Crippen LogP contribution in [0.25, 0.3) is 16.7 Å². The third-order valence-electron chi connectivity index (χ3n) is 10.4. The molecular weight excluding hydrogens is 368 g/mol. The second-order valence-corrected chi connectivity index (χ2v) is 11.5. The van der Waals surface area contributed by atoms with Gasteiger partial charge in [-0.2, -0.15) is 0 Å². The molecule has 0 amide bonds. The van der Waals surface area contributed by atoms with Crippen LogP contribution in [0.3, 0.4) is 0 Å². The standard InChI is InChI=1S/C27H34N2O/c1-25-13-11-19-20-8-9-24(29-17-28-22-6-4-5-7-23(22)29)26(20,2)14-12-21(19)27(25,3)15-10-18(30)16-25/h4-7,9,17,19-21H,8,10-16H2,1-3H3/t19?,20?,21?,25-,26-,27+/m0/s1. The van der Waals surface area contributed by atoms with E-state index >= 15 is 0 Å². The van der Waals surface area contributed by atoms with E-state index in [4.69, 9.17) is 0 Å². The van der Waals surface area contributed by atoms with Crippen LogP contribution in [0.4, 0.5) is 0 Å². The van der Waals surface area contributed by atoms with Gasteiger partial charge in [0.1, 0.15) is 12.1 Å². The number of aromatic nitrogens is 2. The van der Waals surface area contributed by atoms with E-state index in [0.29, 0.717) is 11.2 Å². The molecule has 0 bridgehead atoms. The third kappa shape index (κ3) is 2.27. The number of benzene rings is 1. The molecule has 3 fully saturated rings. The highest BCUT2D eigenvalue weighted by Crippen LogP contribution is 2.70. The Kier molecular flexibility index (Phi) is 3.82. The number of hydrogen-bond donors (Lipinski definition) is 0. The van der Waals surface area contributed by atoms with Gasteiger partial charge < -0.3 is 4.57 Å². The maximum Gasteiger partial charge on any atom is 0.133 e. The first-order valence-corrected chi connectivity index (χ1v) is 12.0. The van der Waals surface area contributed by atoms with E-state index in [1.165, 1.54) is 43.3 Å². The molecule has 4 aliphatic carbocycles. The number of rotatable bonds is 1. The lowest BCUT2D eigenvalue weighted by atomic mass is 9.40. The summed E-state index contributed by atoms with van der Waals surface area (Å²) in [5.74, 6) is 2.80. The Morgan fingerprint density at radius 3 is 2.73 bits per heavy atom. The smallest absolute Gasteiger partial charge is 0.133 e. The molecule has 0 saturated heterocycles. The fraction of sp³-hybridized carbons (Fsp3) is 0.630. The second kappa shape index (κ2) is 6.08. The number of Topliss-reactive ketones (excluding diaryl/α,β-unsaturated/α-hetero) is 1. The molecule has 1 aromatic heterocycles. The number of ketones is 1. The van der Waals surface area contributed by atoms with Gasteiger partial charge in [-0.05, 0) is 79.2 Å². The van der Waals surface area contributed by atoms with Gasteiger partial charge >= 0.3 is 0 Å². The predicted octanol–water partition coefficient (Wildman–Crippen LogP) is 6.49. The molecule has 1 aromatic carbocycles. The zero-order chi connectivity index (χ0) is 20.7. The first-order valence-electron chi connectivity index (χ1n) is 12.0. The number of imidazole rings is 1. The molecule has 3 heteroatoms. The van der Waals surface area contributed by atoms with E-state index in [1.54, 1.807) is 0 Å². The molecule has 6 atom stereocenters. The Balaban J connectivity index is 1.36. The molecule has 3 unspecified atom stereocenters. The Morgan fingerprint density at radius 2 is 1.87 bits per heavy atom. The molecule has 158 valence electrons. The first kappa shape index (κ1) is 18.8. The first-order chi connectivity index (χ1) is 14.4. The maximum absolute atomic E-state index is 12.3. The van der Waals surface area contributed by atoms with Crippen molar-refractivity contribution in [1.29, 1.82) is 0 Å². The van der Waals surface area contributed by atoms with Gasteiger partial charge in [0.25, 0.3) is 0 Å². The average molecular weight is 403 g/mol. The van der Waals surface area contributed by atoms with E-state index in [-0.39, 0.29) is 10.8 Å². The monoisotopic (exact) mass is 402 g/mol. The number of fused-ring (bicyclic) bond motifs is 6. The van der Waals surface area contributed by atoms with Crippen LogP contribution in [-0.2, 0) is 4.79 Å². The van der Waals surface area contributed by atoms with Crippen molar-refractivity contribution in [2.24, 2.45) is 34.0 Å². The summed E-state index contributed by atoms with van der Waals surface area (Å²) in [5.41, 5.74) is 4.59. The molecule has 0 radical (unpaired) electrons. The van der Waals surface area contributed by atoms with Gasteiger partial charge in [0.05, 0.1) is 11.0 Å². The van der Waals surface area contributed by atoms with Crippen LogP contribution in [0.2, 0.25) is 0 Å². The van der Waals surface area contributed by atoms with Crippen molar-refractivity contribution in [1.82, 2.24) is 9.55 Å². The fourth-order valence-corrected chi connectivity index (χ4v) is 8.47. The summed E-state index contributed by atoms with van der Waals surface area (Å²) in [5, 5.41) is 0. The highest BCUT2D eigenvalue weighted by Gasteiger charge is 2.62. The molecule has 2 aromatic rings. The minimum Gasteiger partial charge on any atom is -0.302 e.